The minimum atomic E-state index is 0.131. The zero-order valence-electron chi connectivity index (χ0n) is 12.0. The van der Waals surface area contributed by atoms with Gasteiger partial charge in [-0.1, -0.05) is 13.8 Å². The molecule has 1 saturated heterocycles. The van der Waals surface area contributed by atoms with Crippen molar-refractivity contribution >= 4 is 16.5 Å². The van der Waals surface area contributed by atoms with Crippen molar-refractivity contribution in [2.45, 2.75) is 38.6 Å². The molecule has 2 unspecified atom stereocenters. The van der Waals surface area contributed by atoms with Gasteiger partial charge >= 0.3 is 0 Å². The lowest BCUT2D eigenvalue weighted by Crippen LogP contribution is -2.27. The zero-order valence-corrected chi connectivity index (χ0v) is 12.9. The van der Waals surface area contributed by atoms with Crippen LogP contribution in [0, 0.1) is 0 Å². The first-order valence-corrected chi connectivity index (χ1v) is 7.44. The van der Waals surface area contributed by atoms with Gasteiger partial charge in [-0.2, -0.15) is 0 Å². The average Bonchev–Trinajstić information content (AvgIpc) is 3.02. The van der Waals surface area contributed by atoms with Crippen molar-refractivity contribution in [2.75, 3.05) is 32.2 Å². The van der Waals surface area contributed by atoms with Crippen molar-refractivity contribution in [3.8, 4) is 0 Å². The SMILES string of the molecule is COC1CN(c2ncc(CNC(C)C)s2)CC1OC. The highest BCUT2D eigenvalue weighted by atomic mass is 32.1. The van der Waals surface area contributed by atoms with Gasteiger partial charge in [0.05, 0.1) is 0 Å². The summed E-state index contributed by atoms with van der Waals surface area (Å²) in [5.41, 5.74) is 0. The Morgan fingerprint density at radius 1 is 1.37 bits per heavy atom. The van der Waals surface area contributed by atoms with E-state index in [0.29, 0.717) is 6.04 Å². The molecule has 2 atom stereocenters. The predicted molar refractivity (Wildman–Crippen MR) is 77.9 cm³/mol. The first-order valence-electron chi connectivity index (χ1n) is 6.62. The van der Waals surface area contributed by atoms with E-state index in [1.807, 2.05) is 6.20 Å². The second kappa shape index (κ2) is 6.65. The summed E-state index contributed by atoms with van der Waals surface area (Å²) in [6, 6.07) is 0.494. The van der Waals surface area contributed by atoms with E-state index in [1.54, 1.807) is 25.6 Å². The second-order valence-electron chi connectivity index (χ2n) is 5.10. The number of aromatic nitrogens is 1. The first-order chi connectivity index (χ1) is 9.13. The Bertz CT molecular complexity index is 385. The summed E-state index contributed by atoms with van der Waals surface area (Å²) < 4.78 is 10.9. The molecule has 19 heavy (non-hydrogen) atoms. The van der Waals surface area contributed by atoms with Crippen LogP contribution in [0.5, 0.6) is 0 Å². The minimum Gasteiger partial charge on any atom is -0.377 e. The molecule has 1 aliphatic heterocycles. The maximum Gasteiger partial charge on any atom is 0.185 e. The van der Waals surface area contributed by atoms with Crippen molar-refractivity contribution in [3.63, 3.8) is 0 Å². The summed E-state index contributed by atoms with van der Waals surface area (Å²) in [4.78, 5) is 8.01. The fraction of sp³-hybridized carbons (Fsp3) is 0.769. The lowest BCUT2D eigenvalue weighted by atomic mass is 10.3. The molecule has 0 radical (unpaired) electrons. The van der Waals surface area contributed by atoms with Crippen molar-refractivity contribution in [2.24, 2.45) is 0 Å². The molecular formula is C13H23N3O2S. The molecule has 1 aliphatic rings. The molecular weight excluding hydrogens is 262 g/mol. The minimum absolute atomic E-state index is 0.131. The van der Waals surface area contributed by atoms with Gasteiger partial charge in [-0.15, -0.1) is 11.3 Å². The fourth-order valence-corrected chi connectivity index (χ4v) is 3.06. The van der Waals surface area contributed by atoms with Crippen molar-refractivity contribution in [3.05, 3.63) is 11.1 Å². The predicted octanol–water partition coefficient (Wildman–Crippen LogP) is 1.49. The summed E-state index contributed by atoms with van der Waals surface area (Å²) in [5.74, 6) is 0. The number of thiazole rings is 1. The topological polar surface area (TPSA) is 46.6 Å². The van der Waals surface area contributed by atoms with Crippen LogP contribution in [-0.4, -0.2) is 50.5 Å². The zero-order chi connectivity index (χ0) is 13.8. The Hall–Kier alpha value is -0.690. The van der Waals surface area contributed by atoms with E-state index < -0.39 is 0 Å². The van der Waals surface area contributed by atoms with E-state index in [4.69, 9.17) is 9.47 Å². The van der Waals surface area contributed by atoms with Gasteiger partial charge in [0.15, 0.2) is 5.13 Å². The van der Waals surface area contributed by atoms with Crippen LogP contribution in [0.4, 0.5) is 5.13 Å². The Kier molecular flexibility index (Phi) is 5.15. The third-order valence-electron chi connectivity index (χ3n) is 3.32. The van der Waals surface area contributed by atoms with Gasteiger partial charge in [-0.25, -0.2) is 4.98 Å². The number of hydrogen-bond donors (Lipinski definition) is 1. The van der Waals surface area contributed by atoms with Gasteiger partial charge < -0.3 is 19.7 Å². The van der Waals surface area contributed by atoms with Gasteiger partial charge in [0.1, 0.15) is 12.2 Å². The average molecular weight is 285 g/mol. The molecule has 0 spiro atoms. The van der Waals surface area contributed by atoms with E-state index in [9.17, 15) is 0 Å². The second-order valence-corrected chi connectivity index (χ2v) is 6.19. The van der Waals surface area contributed by atoms with E-state index in [-0.39, 0.29) is 12.2 Å². The number of methoxy groups -OCH3 is 2. The number of nitrogens with zero attached hydrogens (tertiary/aromatic N) is 2. The van der Waals surface area contributed by atoms with Gasteiger partial charge in [-0.3, -0.25) is 0 Å². The van der Waals surface area contributed by atoms with Crippen LogP contribution in [-0.2, 0) is 16.0 Å². The van der Waals surface area contributed by atoms with Crippen LogP contribution in [0.2, 0.25) is 0 Å². The molecule has 5 nitrogen and oxygen atoms in total. The van der Waals surface area contributed by atoms with Gasteiger partial charge in [0, 0.05) is 51.0 Å². The van der Waals surface area contributed by atoms with E-state index in [1.165, 1.54) is 4.88 Å². The summed E-state index contributed by atoms with van der Waals surface area (Å²) >= 11 is 1.74. The van der Waals surface area contributed by atoms with Gasteiger partial charge in [0.25, 0.3) is 0 Å². The van der Waals surface area contributed by atoms with E-state index >= 15 is 0 Å². The Morgan fingerprint density at radius 2 is 2.00 bits per heavy atom. The third-order valence-corrected chi connectivity index (χ3v) is 4.38. The molecule has 0 amide bonds. The summed E-state index contributed by atoms with van der Waals surface area (Å²) in [6.45, 7) is 6.87. The Labute approximate surface area is 118 Å². The van der Waals surface area contributed by atoms with Crippen LogP contribution < -0.4 is 10.2 Å². The summed E-state index contributed by atoms with van der Waals surface area (Å²) in [5, 5.41) is 4.47. The van der Waals surface area contributed by atoms with Crippen LogP contribution in [0.15, 0.2) is 6.20 Å². The van der Waals surface area contributed by atoms with E-state index in [2.05, 4.69) is 29.0 Å². The molecule has 1 N–H and O–H groups in total. The Balaban J connectivity index is 1.95. The lowest BCUT2D eigenvalue weighted by molar-refractivity contribution is -0.00461. The summed E-state index contributed by atoms with van der Waals surface area (Å²) in [6.07, 6.45) is 2.22. The van der Waals surface area contributed by atoms with Crippen molar-refractivity contribution in [1.82, 2.24) is 10.3 Å². The molecule has 0 aromatic carbocycles. The van der Waals surface area contributed by atoms with E-state index in [0.717, 1.165) is 24.8 Å². The standard InChI is InChI=1S/C13H23N3O2S/c1-9(2)14-5-10-6-15-13(19-10)16-7-11(17-3)12(8-16)18-4/h6,9,11-12,14H,5,7-8H2,1-4H3. The molecule has 6 heteroatoms. The van der Waals surface area contributed by atoms with Crippen LogP contribution in [0.25, 0.3) is 0 Å². The number of ether oxygens (including phenoxy) is 2. The first kappa shape index (κ1) is 14.7. The highest BCUT2D eigenvalue weighted by Crippen LogP contribution is 2.27. The highest BCUT2D eigenvalue weighted by Gasteiger charge is 2.34. The van der Waals surface area contributed by atoms with Gasteiger partial charge in [0.2, 0.25) is 0 Å². The largest absolute Gasteiger partial charge is 0.377 e. The van der Waals surface area contributed by atoms with Gasteiger partial charge in [-0.05, 0) is 0 Å². The Morgan fingerprint density at radius 3 is 2.53 bits per heavy atom. The third kappa shape index (κ3) is 3.66. The molecule has 108 valence electrons. The summed E-state index contributed by atoms with van der Waals surface area (Å²) in [7, 11) is 3.47. The number of anilines is 1. The molecule has 2 rings (SSSR count). The number of hydrogen-bond acceptors (Lipinski definition) is 6. The fourth-order valence-electron chi connectivity index (χ4n) is 2.18. The number of nitrogens with one attached hydrogen (secondary N) is 1. The molecule has 1 aromatic rings. The smallest absolute Gasteiger partial charge is 0.185 e. The lowest BCUT2D eigenvalue weighted by Gasteiger charge is -2.13. The molecule has 1 aromatic heterocycles. The van der Waals surface area contributed by atoms with Crippen LogP contribution >= 0.6 is 11.3 Å². The quantitative estimate of drug-likeness (QED) is 0.858. The molecule has 0 saturated carbocycles. The van der Waals surface area contributed by atoms with Crippen LogP contribution in [0.1, 0.15) is 18.7 Å². The normalized spacial score (nSPS) is 23.5. The molecule has 2 heterocycles. The van der Waals surface area contributed by atoms with Crippen molar-refractivity contribution in [1.29, 1.82) is 0 Å². The maximum atomic E-state index is 5.45. The molecule has 0 aliphatic carbocycles. The maximum absolute atomic E-state index is 5.45. The molecule has 0 bridgehead atoms. The number of rotatable bonds is 6. The molecule has 1 fully saturated rings. The highest BCUT2D eigenvalue weighted by molar-refractivity contribution is 7.15. The van der Waals surface area contributed by atoms with Crippen LogP contribution in [0.3, 0.4) is 0 Å². The monoisotopic (exact) mass is 285 g/mol. The van der Waals surface area contributed by atoms with Crippen molar-refractivity contribution < 1.29 is 9.47 Å².